The molecule has 118 valence electrons. The number of sulfone groups is 1. The molecule has 0 bridgehead atoms. The zero-order chi connectivity index (χ0) is 16.7. The fourth-order valence-electron chi connectivity index (χ4n) is 1.79. The molecule has 1 saturated heterocycles. The third-order valence-electron chi connectivity index (χ3n) is 2.82. The summed E-state index contributed by atoms with van der Waals surface area (Å²) in [6, 6.07) is 3.14. The molecule has 1 aromatic rings. The van der Waals surface area contributed by atoms with Gasteiger partial charge in [-0.05, 0) is 18.2 Å². The number of hydrogen-bond acceptors (Lipinski definition) is 6. The standard InChI is InChI=1S/C14H13FO6S/c1-14(2)20-12(16)10(13(17)21-14)6-8-4-5-9(7-11(8)15)22(3,18)19/h4-7H,1-3H3. The first-order chi connectivity index (χ1) is 9.99. The Morgan fingerprint density at radius 1 is 1.14 bits per heavy atom. The van der Waals surface area contributed by atoms with E-state index in [-0.39, 0.29) is 10.5 Å². The third kappa shape index (κ3) is 3.33. The van der Waals surface area contributed by atoms with E-state index in [0.29, 0.717) is 0 Å². The van der Waals surface area contributed by atoms with Gasteiger partial charge in [-0.2, -0.15) is 0 Å². The number of hydrogen-bond donors (Lipinski definition) is 0. The van der Waals surface area contributed by atoms with Crippen molar-refractivity contribution in [3.8, 4) is 0 Å². The molecule has 0 amide bonds. The fourth-order valence-corrected chi connectivity index (χ4v) is 2.42. The first kappa shape index (κ1) is 16.2. The molecule has 0 radical (unpaired) electrons. The molecule has 0 aliphatic carbocycles. The van der Waals surface area contributed by atoms with Crippen LogP contribution in [0.4, 0.5) is 4.39 Å². The molecule has 0 spiro atoms. The SMILES string of the molecule is CC1(C)OC(=O)C(=Cc2ccc(S(C)(=O)=O)cc2F)C(=O)O1. The lowest BCUT2D eigenvalue weighted by atomic mass is 10.1. The van der Waals surface area contributed by atoms with E-state index in [2.05, 4.69) is 0 Å². The monoisotopic (exact) mass is 328 g/mol. The lowest BCUT2D eigenvalue weighted by Crippen LogP contribution is -2.41. The van der Waals surface area contributed by atoms with Gasteiger partial charge in [-0.1, -0.05) is 6.07 Å². The summed E-state index contributed by atoms with van der Waals surface area (Å²) < 4.78 is 46.3. The van der Waals surface area contributed by atoms with Crippen molar-refractivity contribution in [2.45, 2.75) is 24.5 Å². The summed E-state index contributed by atoms with van der Waals surface area (Å²) >= 11 is 0. The average molecular weight is 328 g/mol. The number of rotatable bonds is 2. The van der Waals surface area contributed by atoms with E-state index in [1.807, 2.05) is 0 Å². The van der Waals surface area contributed by atoms with Crippen molar-refractivity contribution >= 4 is 27.9 Å². The number of halogens is 1. The van der Waals surface area contributed by atoms with Crippen LogP contribution in [0.1, 0.15) is 19.4 Å². The molecule has 0 aromatic heterocycles. The maximum Gasteiger partial charge on any atom is 0.348 e. The Balaban J connectivity index is 2.42. The first-order valence-corrected chi connectivity index (χ1v) is 8.07. The highest BCUT2D eigenvalue weighted by Gasteiger charge is 2.38. The normalized spacial score (nSPS) is 17.7. The predicted molar refractivity (Wildman–Crippen MR) is 73.7 cm³/mol. The molecule has 0 saturated carbocycles. The maximum atomic E-state index is 13.9. The van der Waals surface area contributed by atoms with Gasteiger partial charge in [0.25, 0.3) is 5.79 Å². The minimum Gasteiger partial charge on any atom is -0.419 e. The van der Waals surface area contributed by atoms with E-state index in [9.17, 15) is 22.4 Å². The highest BCUT2D eigenvalue weighted by atomic mass is 32.2. The molecule has 0 unspecified atom stereocenters. The van der Waals surface area contributed by atoms with E-state index in [1.54, 1.807) is 0 Å². The Morgan fingerprint density at radius 2 is 1.68 bits per heavy atom. The molecular formula is C14H13FO6S. The van der Waals surface area contributed by atoms with E-state index in [0.717, 1.165) is 24.5 Å². The van der Waals surface area contributed by atoms with Crippen LogP contribution in [0.2, 0.25) is 0 Å². The number of benzene rings is 1. The van der Waals surface area contributed by atoms with Gasteiger partial charge in [0, 0.05) is 25.7 Å². The van der Waals surface area contributed by atoms with Crippen molar-refractivity contribution in [2.75, 3.05) is 6.26 Å². The highest BCUT2D eigenvalue weighted by molar-refractivity contribution is 7.90. The number of ether oxygens (including phenoxy) is 2. The third-order valence-corrected chi connectivity index (χ3v) is 3.93. The molecule has 2 rings (SSSR count). The smallest absolute Gasteiger partial charge is 0.348 e. The summed E-state index contributed by atoms with van der Waals surface area (Å²) in [6.45, 7) is 2.78. The van der Waals surface area contributed by atoms with Crippen molar-refractivity contribution in [3.05, 3.63) is 35.2 Å². The lowest BCUT2D eigenvalue weighted by molar-refractivity contribution is -0.222. The predicted octanol–water partition coefficient (Wildman–Crippen LogP) is 1.45. The molecule has 1 heterocycles. The van der Waals surface area contributed by atoms with Crippen molar-refractivity contribution < 1.29 is 31.9 Å². The Morgan fingerprint density at radius 3 is 2.14 bits per heavy atom. The Labute approximate surface area is 126 Å². The van der Waals surface area contributed by atoms with Gasteiger partial charge in [-0.3, -0.25) is 0 Å². The van der Waals surface area contributed by atoms with Crippen LogP contribution in [0.15, 0.2) is 28.7 Å². The number of esters is 2. The minimum absolute atomic E-state index is 0.129. The second-order valence-electron chi connectivity index (χ2n) is 5.19. The van der Waals surface area contributed by atoms with Crippen LogP contribution in [-0.4, -0.2) is 32.4 Å². The lowest BCUT2D eigenvalue weighted by Gasteiger charge is -2.29. The first-order valence-electron chi connectivity index (χ1n) is 6.17. The van der Waals surface area contributed by atoms with Gasteiger partial charge in [0.2, 0.25) is 0 Å². The fraction of sp³-hybridized carbons (Fsp3) is 0.286. The van der Waals surface area contributed by atoms with Crippen molar-refractivity contribution in [1.29, 1.82) is 0 Å². The second-order valence-corrected chi connectivity index (χ2v) is 7.21. The molecule has 1 aliphatic rings. The van der Waals surface area contributed by atoms with Crippen molar-refractivity contribution in [2.24, 2.45) is 0 Å². The van der Waals surface area contributed by atoms with E-state index in [1.165, 1.54) is 19.9 Å². The largest absolute Gasteiger partial charge is 0.419 e. The number of cyclic esters (lactones) is 2. The van der Waals surface area contributed by atoms with Crippen molar-refractivity contribution in [1.82, 2.24) is 0 Å². The van der Waals surface area contributed by atoms with Crippen LogP contribution < -0.4 is 0 Å². The van der Waals surface area contributed by atoms with Crippen LogP contribution in [0.3, 0.4) is 0 Å². The Bertz CT molecular complexity index is 770. The van der Waals surface area contributed by atoms with Crippen LogP contribution >= 0.6 is 0 Å². The van der Waals surface area contributed by atoms with Crippen molar-refractivity contribution in [3.63, 3.8) is 0 Å². The molecule has 8 heteroatoms. The maximum absolute atomic E-state index is 13.9. The van der Waals surface area contributed by atoms with Gasteiger partial charge >= 0.3 is 11.9 Å². The zero-order valence-corrected chi connectivity index (χ0v) is 12.9. The van der Waals surface area contributed by atoms with Crippen LogP contribution in [0.5, 0.6) is 0 Å². The van der Waals surface area contributed by atoms with Crippen LogP contribution in [0.25, 0.3) is 6.08 Å². The highest BCUT2D eigenvalue weighted by Crippen LogP contribution is 2.25. The van der Waals surface area contributed by atoms with Gasteiger partial charge in [0.1, 0.15) is 11.4 Å². The Kier molecular flexibility index (Phi) is 3.82. The minimum atomic E-state index is -3.56. The number of carbonyl (C=O) groups is 2. The van der Waals surface area contributed by atoms with E-state index in [4.69, 9.17) is 9.47 Å². The summed E-state index contributed by atoms with van der Waals surface area (Å²) in [7, 11) is -3.56. The molecule has 22 heavy (non-hydrogen) atoms. The summed E-state index contributed by atoms with van der Waals surface area (Å²) in [4.78, 5) is 23.3. The number of carbonyl (C=O) groups excluding carboxylic acids is 2. The molecule has 0 atom stereocenters. The summed E-state index contributed by atoms with van der Waals surface area (Å²) in [5, 5.41) is 0. The molecule has 0 N–H and O–H groups in total. The van der Waals surface area contributed by atoms with Gasteiger partial charge in [-0.25, -0.2) is 22.4 Å². The van der Waals surface area contributed by atoms with Gasteiger partial charge < -0.3 is 9.47 Å². The van der Waals surface area contributed by atoms with Gasteiger partial charge in [0.05, 0.1) is 4.90 Å². The quantitative estimate of drug-likeness (QED) is 0.464. The Hall–Kier alpha value is -2.22. The second kappa shape index (κ2) is 5.20. The molecule has 1 fully saturated rings. The van der Waals surface area contributed by atoms with Gasteiger partial charge in [-0.15, -0.1) is 0 Å². The topological polar surface area (TPSA) is 86.7 Å². The molecule has 1 aromatic carbocycles. The van der Waals surface area contributed by atoms with Gasteiger partial charge in [0.15, 0.2) is 9.84 Å². The van der Waals surface area contributed by atoms with Crippen LogP contribution in [0, 0.1) is 5.82 Å². The molecule has 1 aliphatic heterocycles. The summed E-state index contributed by atoms with van der Waals surface area (Å²) in [5.74, 6) is -4.15. The van der Waals surface area contributed by atoms with Crippen LogP contribution in [-0.2, 0) is 28.9 Å². The zero-order valence-electron chi connectivity index (χ0n) is 12.0. The summed E-state index contributed by atoms with van der Waals surface area (Å²) in [6.07, 6.45) is 1.90. The average Bonchev–Trinajstić information content (AvgIpc) is 2.32. The summed E-state index contributed by atoms with van der Waals surface area (Å²) in [5.41, 5.74) is -0.596. The molecule has 6 nitrogen and oxygen atoms in total. The van der Waals surface area contributed by atoms with E-state index < -0.39 is 39.0 Å². The molecular weight excluding hydrogens is 315 g/mol. The van der Waals surface area contributed by atoms with E-state index >= 15 is 0 Å².